The quantitative estimate of drug-likeness (QED) is 0.170. The van der Waals surface area contributed by atoms with Gasteiger partial charge in [-0.3, -0.25) is 4.79 Å². The molecule has 1 atom stereocenters. The van der Waals surface area contributed by atoms with E-state index in [1.165, 1.54) is 57.8 Å². The molecule has 6 nitrogen and oxygen atoms in total. The van der Waals surface area contributed by atoms with Gasteiger partial charge in [0.15, 0.2) is 0 Å². The summed E-state index contributed by atoms with van der Waals surface area (Å²) in [5, 5.41) is 2.72. The number of nitrogens with one attached hydrogen (secondary N) is 1. The maximum atomic E-state index is 11.9. The molecule has 0 bridgehead atoms. The van der Waals surface area contributed by atoms with Crippen molar-refractivity contribution in [2.24, 2.45) is 0 Å². The molecule has 0 saturated heterocycles. The van der Waals surface area contributed by atoms with Crippen LogP contribution in [-0.4, -0.2) is 18.6 Å². The Labute approximate surface area is 178 Å². The molecule has 0 aromatic rings. The van der Waals surface area contributed by atoms with Crippen LogP contribution >= 0.6 is 7.82 Å². The number of hydrogen-bond acceptors (Lipinski definition) is 5. The minimum Gasteiger partial charge on any atom is -0.790 e. The van der Waals surface area contributed by atoms with Gasteiger partial charge in [-0.1, -0.05) is 77.4 Å². The number of hydrogen-bond donors (Lipinski definition) is 1. The summed E-state index contributed by atoms with van der Waals surface area (Å²) in [7, 11) is -4.99. The Morgan fingerprint density at radius 3 is 1.93 bits per heavy atom. The topological polar surface area (TPSA) is 102 Å². The van der Waals surface area contributed by atoms with Gasteiger partial charge < -0.3 is 24.2 Å². The largest absolute Gasteiger partial charge is 0.790 e. The first-order valence-corrected chi connectivity index (χ1v) is 13.0. The third-order valence-corrected chi connectivity index (χ3v) is 5.42. The van der Waals surface area contributed by atoms with E-state index in [1.54, 1.807) is 6.92 Å². The van der Waals surface area contributed by atoms with Crippen LogP contribution in [0.4, 0.5) is 0 Å². The van der Waals surface area contributed by atoms with Gasteiger partial charge in [0.25, 0.3) is 0 Å². The number of carbonyl (C=O) groups excluding carboxylic acids is 1. The molecule has 0 rings (SSSR count). The summed E-state index contributed by atoms with van der Waals surface area (Å²) < 4.78 is 14.7. The van der Waals surface area contributed by atoms with Gasteiger partial charge in [0.1, 0.15) is 0 Å². The predicted molar refractivity (Wildman–Crippen MR) is 115 cm³/mol. The first-order chi connectivity index (χ1) is 13.9. The van der Waals surface area contributed by atoms with Gasteiger partial charge in [0, 0.05) is 6.42 Å². The van der Waals surface area contributed by atoms with Crippen molar-refractivity contribution in [3.05, 3.63) is 12.2 Å². The predicted octanol–water partition coefficient (Wildman–Crippen LogP) is 4.76. The fourth-order valence-corrected chi connectivity index (χ4v) is 3.46. The standard InChI is InChI=1S/C22H44NO5P/c1-3-5-6-7-8-9-10-11-12-13-14-15-16-17-18-19-22(24)23-21(4-2)20-28-29(25,26)27/h11-12,21H,3-10,13-20H2,1-2H3,(H,23,24)(H2,25,26,27)/p-2/b12-11-/t21-/m1/s1. The maximum absolute atomic E-state index is 11.9. The van der Waals surface area contributed by atoms with Crippen molar-refractivity contribution < 1.29 is 23.7 Å². The SMILES string of the molecule is CCCCCCCC/C=C\CCCCCCCC(=O)N[C@H](CC)COP(=O)([O-])[O-]. The Hall–Kier alpha value is -0.680. The molecular formula is C22H42NO5P-2. The average Bonchev–Trinajstić information content (AvgIpc) is 2.67. The zero-order chi connectivity index (χ0) is 21.8. The molecule has 0 aliphatic rings. The lowest BCUT2D eigenvalue weighted by Gasteiger charge is -2.30. The highest BCUT2D eigenvalue weighted by molar-refractivity contribution is 7.43. The van der Waals surface area contributed by atoms with E-state index in [0.29, 0.717) is 12.8 Å². The fourth-order valence-electron chi connectivity index (χ4n) is 3.10. The van der Waals surface area contributed by atoms with Crippen molar-refractivity contribution >= 4 is 13.7 Å². The zero-order valence-corrected chi connectivity index (χ0v) is 19.4. The number of unbranched alkanes of at least 4 members (excludes halogenated alkanes) is 11. The van der Waals surface area contributed by atoms with Gasteiger partial charge >= 0.3 is 0 Å². The molecule has 0 spiro atoms. The molecule has 172 valence electrons. The summed E-state index contributed by atoms with van der Waals surface area (Å²) >= 11 is 0. The molecule has 0 aliphatic carbocycles. The summed E-state index contributed by atoms with van der Waals surface area (Å²) in [5.41, 5.74) is 0. The van der Waals surface area contributed by atoms with E-state index in [4.69, 9.17) is 0 Å². The maximum Gasteiger partial charge on any atom is 0.220 e. The molecule has 0 saturated carbocycles. The molecule has 0 unspecified atom stereocenters. The summed E-state index contributed by atoms with van der Waals surface area (Å²) in [5.74, 6) is -0.121. The highest BCUT2D eigenvalue weighted by Gasteiger charge is 2.11. The Bertz CT molecular complexity index is 464. The summed E-state index contributed by atoms with van der Waals surface area (Å²) in [6, 6.07) is -0.443. The lowest BCUT2D eigenvalue weighted by atomic mass is 10.1. The molecular weight excluding hydrogens is 389 g/mol. The van der Waals surface area contributed by atoms with Crippen molar-refractivity contribution in [2.75, 3.05) is 6.61 Å². The Balaban J connectivity index is 3.49. The fraction of sp³-hybridized carbons (Fsp3) is 0.864. The van der Waals surface area contributed by atoms with Crippen LogP contribution in [0.15, 0.2) is 12.2 Å². The second-order valence-corrected chi connectivity index (χ2v) is 8.90. The number of phosphoric ester groups is 1. The van der Waals surface area contributed by atoms with Gasteiger partial charge in [-0.25, -0.2) is 0 Å². The molecule has 7 heteroatoms. The molecule has 0 aliphatic heterocycles. The number of phosphoric acid groups is 1. The Morgan fingerprint density at radius 2 is 1.41 bits per heavy atom. The van der Waals surface area contributed by atoms with Gasteiger partial charge in [0.2, 0.25) is 5.91 Å². The summed E-state index contributed by atoms with van der Waals surface area (Å²) in [4.78, 5) is 32.9. The molecule has 0 aromatic carbocycles. The minimum absolute atomic E-state index is 0.121. The lowest BCUT2D eigenvalue weighted by Crippen LogP contribution is -2.38. The summed E-state index contributed by atoms with van der Waals surface area (Å²) in [6.07, 6.45) is 21.3. The van der Waals surface area contributed by atoms with Gasteiger partial charge in [0.05, 0.1) is 20.5 Å². The minimum atomic E-state index is -4.99. The van der Waals surface area contributed by atoms with Crippen LogP contribution in [0.1, 0.15) is 110 Å². The number of amides is 1. The van der Waals surface area contributed by atoms with Crippen molar-refractivity contribution in [1.82, 2.24) is 5.32 Å². The monoisotopic (exact) mass is 431 g/mol. The smallest absolute Gasteiger partial charge is 0.220 e. The lowest BCUT2D eigenvalue weighted by molar-refractivity contribution is -0.342. The molecule has 0 fully saturated rings. The van der Waals surface area contributed by atoms with Crippen LogP contribution in [0, 0.1) is 0 Å². The number of carbonyl (C=O) groups is 1. The van der Waals surface area contributed by atoms with Crippen LogP contribution < -0.4 is 15.1 Å². The van der Waals surface area contributed by atoms with E-state index in [9.17, 15) is 19.1 Å². The van der Waals surface area contributed by atoms with Crippen LogP contribution in [0.2, 0.25) is 0 Å². The van der Waals surface area contributed by atoms with Gasteiger partial charge in [-0.2, -0.15) is 0 Å². The van der Waals surface area contributed by atoms with Crippen molar-refractivity contribution in [2.45, 2.75) is 116 Å². The normalized spacial score (nSPS) is 13.1. The molecule has 29 heavy (non-hydrogen) atoms. The Morgan fingerprint density at radius 1 is 0.897 bits per heavy atom. The van der Waals surface area contributed by atoms with E-state index >= 15 is 0 Å². The van der Waals surface area contributed by atoms with Crippen LogP contribution in [0.3, 0.4) is 0 Å². The molecule has 1 amide bonds. The van der Waals surface area contributed by atoms with Crippen LogP contribution in [0.25, 0.3) is 0 Å². The molecule has 1 N–H and O–H groups in total. The number of allylic oxidation sites excluding steroid dienone is 2. The Kier molecular flexibility index (Phi) is 18.8. The van der Waals surface area contributed by atoms with E-state index in [1.807, 2.05) is 0 Å². The second kappa shape index (κ2) is 19.3. The van der Waals surface area contributed by atoms with Crippen LogP contribution in [-0.2, 0) is 13.9 Å². The third-order valence-electron chi connectivity index (χ3n) is 4.96. The van der Waals surface area contributed by atoms with E-state index in [0.717, 1.165) is 25.7 Å². The second-order valence-electron chi connectivity index (χ2n) is 7.75. The molecule has 0 heterocycles. The van der Waals surface area contributed by atoms with Gasteiger partial charge in [-0.15, -0.1) is 0 Å². The van der Waals surface area contributed by atoms with E-state index in [2.05, 4.69) is 28.9 Å². The third kappa shape index (κ3) is 21.8. The van der Waals surface area contributed by atoms with E-state index < -0.39 is 13.9 Å². The van der Waals surface area contributed by atoms with Gasteiger partial charge in [-0.05, 0) is 38.5 Å². The van der Waals surface area contributed by atoms with Crippen molar-refractivity contribution in [3.8, 4) is 0 Å². The highest BCUT2D eigenvalue weighted by atomic mass is 31.2. The molecule has 0 radical (unpaired) electrons. The van der Waals surface area contributed by atoms with Crippen molar-refractivity contribution in [3.63, 3.8) is 0 Å². The molecule has 0 aromatic heterocycles. The summed E-state index contributed by atoms with van der Waals surface area (Å²) in [6.45, 7) is 3.76. The van der Waals surface area contributed by atoms with Crippen LogP contribution in [0.5, 0.6) is 0 Å². The zero-order valence-electron chi connectivity index (χ0n) is 18.5. The first kappa shape index (κ1) is 28.3. The first-order valence-electron chi connectivity index (χ1n) is 11.5. The highest BCUT2D eigenvalue weighted by Crippen LogP contribution is 2.24. The average molecular weight is 432 g/mol. The van der Waals surface area contributed by atoms with E-state index in [-0.39, 0.29) is 12.5 Å². The van der Waals surface area contributed by atoms with Crippen molar-refractivity contribution in [1.29, 1.82) is 0 Å². The number of rotatable bonds is 20.